The van der Waals surface area contributed by atoms with Crippen molar-refractivity contribution in [3.63, 3.8) is 0 Å². The summed E-state index contributed by atoms with van der Waals surface area (Å²) < 4.78 is 6.73. The summed E-state index contributed by atoms with van der Waals surface area (Å²) in [5, 5.41) is 17.8. The van der Waals surface area contributed by atoms with Crippen LogP contribution in [0.25, 0.3) is 0 Å². The van der Waals surface area contributed by atoms with Crippen LogP contribution in [0.2, 0.25) is 0 Å². The summed E-state index contributed by atoms with van der Waals surface area (Å²) in [4.78, 5) is 13.2. The van der Waals surface area contributed by atoms with Gasteiger partial charge in [-0.25, -0.2) is 9.48 Å². The number of carbonyl (C=O) groups is 1. The minimum Gasteiger partial charge on any atom is -0.444 e. The largest absolute Gasteiger partial charge is 0.444 e. The van der Waals surface area contributed by atoms with Crippen molar-refractivity contribution < 1.29 is 14.6 Å². The summed E-state index contributed by atoms with van der Waals surface area (Å²) in [5.41, 5.74) is -1.00. The third-order valence-electron chi connectivity index (χ3n) is 2.75. The van der Waals surface area contributed by atoms with Crippen LogP contribution in [0.15, 0.2) is 6.20 Å². The molecule has 2 heterocycles. The standard InChI is InChI=1S/C11H18N4O3/c1-10(2,3)18-9(16)15-6-11(17,7-15)8-5-12-13-14(8)4/h5,17H,6-7H2,1-4H3. The molecule has 2 rings (SSSR count). The fraction of sp³-hybridized carbons (Fsp3) is 0.727. The molecule has 1 aliphatic heterocycles. The Kier molecular flexibility index (Phi) is 2.81. The van der Waals surface area contributed by atoms with E-state index in [2.05, 4.69) is 10.3 Å². The number of amides is 1. The molecule has 7 heteroatoms. The van der Waals surface area contributed by atoms with Crippen LogP contribution in [-0.4, -0.2) is 49.8 Å². The molecule has 0 aliphatic carbocycles. The number of β-amino-alcohol motifs (C(OH)–C–C–N with tert-alkyl or cyclic N) is 1. The highest BCUT2D eigenvalue weighted by Gasteiger charge is 2.48. The number of nitrogens with zero attached hydrogens (tertiary/aromatic N) is 4. The Hall–Kier alpha value is -1.63. The van der Waals surface area contributed by atoms with E-state index in [0.717, 1.165) is 0 Å². The SMILES string of the molecule is Cn1nncc1C1(O)CN(C(=O)OC(C)(C)C)C1. The van der Waals surface area contributed by atoms with Crippen molar-refractivity contribution in [2.75, 3.05) is 13.1 Å². The molecule has 100 valence electrons. The summed E-state index contributed by atoms with van der Waals surface area (Å²) in [5.74, 6) is 0. The van der Waals surface area contributed by atoms with Gasteiger partial charge in [-0.15, -0.1) is 5.10 Å². The zero-order valence-corrected chi connectivity index (χ0v) is 11.0. The molecule has 0 radical (unpaired) electrons. The fourth-order valence-electron chi connectivity index (χ4n) is 1.91. The zero-order chi connectivity index (χ0) is 13.6. The maximum absolute atomic E-state index is 11.7. The van der Waals surface area contributed by atoms with Crippen molar-refractivity contribution in [2.24, 2.45) is 7.05 Å². The van der Waals surface area contributed by atoms with Gasteiger partial charge in [0.25, 0.3) is 0 Å². The Morgan fingerprint density at radius 3 is 2.56 bits per heavy atom. The van der Waals surface area contributed by atoms with Gasteiger partial charge in [-0.1, -0.05) is 5.21 Å². The average molecular weight is 254 g/mol. The van der Waals surface area contributed by atoms with Gasteiger partial charge in [0.05, 0.1) is 25.0 Å². The van der Waals surface area contributed by atoms with Crippen LogP contribution in [0.3, 0.4) is 0 Å². The number of ether oxygens (including phenoxy) is 1. The van der Waals surface area contributed by atoms with E-state index in [1.54, 1.807) is 7.05 Å². The lowest BCUT2D eigenvalue weighted by Gasteiger charge is -2.45. The fourth-order valence-corrected chi connectivity index (χ4v) is 1.91. The molecule has 1 saturated heterocycles. The molecule has 0 bridgehead atoms. The van der Waals surface area contributed by atoms with Crippen molar-refractivity contribution in [3.8, 4) is 0 Å². The number of carbonyl (C=O) groups excluding carboxylic acids is 1. The third-order valence-corrected chi connectivity index (χ3v) is 2.75. The maximum atomic E-state index is 11.7. The van der Waals surface area contributed by atoms with E-state index in [1.807, 2.05) is 20.8 Å². The number of hydrogen-bond acceptors (Lipinski definition) is 5. The van der Waals surface area contributed by atoms with Gasteiger partial charge in [-0.05, 0) is 20.8 Å². The van der Waals surface area contributed by atoms with E-state index in [0.29, 0.717) is 5.69 Å². The molecule has 7 nitrogen and oxygen atoms in total. The Bertz CT molecular complexity index is 457. The molecule has 0 spiro atoms. The lowest BCUT2D eigenvalue weighted by Crippen LogP contribution is -2.62. The van der Waals surface area contributed by atoms with E-state index >= 15 is 0 Å². The highest BCUT2D eigenvalue weighted by molar-refractivity contribution is 5.69. The van der Waals surface area contributed by atoms with Crippen molar-refractivity contribution >= 4 is 6.09 Å². The number of rotatable bonds is 1. The number of aliphatic hydroxyl groups is 1. The summed E-state index contributed by atoms with van der Waals surface area (Å²) in [6.07, 6.45) is 1.09. The first-order chi connectivity index (χ1) is 8.21. The van der Waals surface area contributed by atoms with Crippen LogP contribution in [0.5, 0.6) is 0 Å². The van der Waals surface area contributed by atoms with Gasteiger partial charge in [-0.3, -0.25) is 0 Å². The second-order valence-corrected chi connectivity index (χ2v) is 5.61. The molecular weight excluding hydrogens is 236 g/mol. The number of aryl methyl sites for hydroxylation is 1. The monoisotopic (exact) mass is 254 g/mol. The molecule has 0 unspecified atom stereocenters. The van der Waals surface area contributed by atoms with E-state index < -0.39 is 17.3 Å². The lowest BCUT2D eigenvalue weighted by atomic mass is 9.91. The molecule has 18 heavy (non-hydrogen) atoms. The van der Waals surface area contributed by atoms with Crippen molar-refractivity contribution in [1.82, 2.24) is 19.9 Å². The predicted octanol–water partition coefficient (Wildman–Crippen LogP) is 0.253. The molecule has 0 atom stereocenters. The summed E-state index contributed by atoms with van der Waals surface area (Å²) >= 11 is 0. The molecule has 1 fully saturated rings. The van der Waals surface area contributed by atoms with E-state index in [-0.39, 0.29) is 13.1 Å². The summed E-state index contributed by atoms with van der Waals surface area (Å²) in [7, 11) is 1.70. The van der Waals surface area contributed by atoms with Crippen LogP contribution in [0, 0.1) is 0 Å². The predicted molar refractivity (Wildman–Crippen MR) is 62.7 cm³/mol. The highest BCUT2D eigenvalue weighted by atomic mass is 16.6. The van der Waals surface area contributed by atoms with Gasteiger partial charge >= 0.3 is 6.09 Å². The first-order valence-electron chi connectivity index (χ1n) is 5.77. The Morgan fingerprint density at radius 2 is 2.11 bits per heavy atom. The molecule has 1 N–H and O–H groups in total. The topological polar surface area (TPSA) is 80.5 Å². The van der Waals surface area contributed by atoms with E-state index in [4.69, 9.17) is 4.74 Å². The van der Waals surface area contributed by atoms with Crippen LogP contribution >= 0.6 is 0 Å². The Balaban J connectivity index is 1.98. The molecule has 1 aromatic heterocycles. The molecule has 0 saturated carbocycles. The first kappa shape index (κ1) is 12.8. The van der Waals surface area contributed by atoms with Gasteiger partial charge in [-0.2, -0.15) is 0 Å². The van der Waals surface area contributed by atoms with Gasteiger partial charge in [0, 0.05) is 7.05 Å². The van der Waals surface area contributed by atoms with Gasteiger partial charge in [0.15, 0.2) is 0 Å². The first-order valence-corrected chi connectivity index (χ1v) is 5.77. The smallest absolute Gasteiger partial charge is 0.410 e. The third kappa shape index (κ3) is 2.31. The minimum absolute atomic E-state index is 0.198. The van der Waals surface area contributed by atoms with Gasteiger partial charge in [0.1, 0.15) is 11.2 Å². The number of likely N-dealkylation sites (tertiary alicyclic amines) is 1. The van der Waals surface area contributed by atoms with Crippen molar-refractivity contribution in [1.29, 1.82) is 0 Å². The second-order valence-electron chi connectivity index (χ2n) is 5.61. The van der Waals surface area contributed by atoms with E-state index in [1.165, 1.54) is 15.8 Å². The Morgan fingerprint density at radius 1 is 1.50 bits per heavy atom. The average Bonchev–Trinajstić information content (AvgIpc) is 2.57. The maximum Gasteiger partial charge on any atom is 0.410 e. The molecule has 1 aromatic rings. The van der Waals surface area contributed by atoms with Gasteiger partial charge in [0.2, 0.25) is 0 Å². The lowest BCUT2D eigenvalue weighted by molar-refractivity contribution is -0.107. The number of hydrogen-bond donors (Lipinski definition) is 1. The van der Waals surface area contributed by atoms with Crippen LogP contribution in [0.4, 0.5) is 4.79 Å². The highest BCUT2D eigenvalue weighted by Crippen LogP contribution is 2.31. The van der Waals surface area contributed by atoms with E-state index in [9.17, 15) is 9.90 Å². The molecular formula is C11H18N4O3. The van der Waals surface area contributed by atoms with Crippen molar-refractivity contribution in [2.45, 2.75) is 32.0 Å². The molecule has 1 amide bonds. The van der Waals surface area contributed by atoms with Gasteiger partial charge < -0.3 is 14.7 Å². The van der Waals surface area contributed by atoms with Crippen molar-refractivity contribution in [3.05, 3.63) is 11.9 Å². The summed E-state index contributed by atoms with van der Waals surface area (Å²) in [6.45, 7) is 5.82. The molecule has 0 aromatic carbocycles. The quantitative estimate of drug-likeness (QED) is 0.777. The Labute approximate surface area is 105 Å². The minimum atomic E-state index is -1.07. The summed E-state index contributed by atoms with van der Waals surface area (Å²) in [6, 6.07) is 0. The zero-order valence-electron chi connectivity index (χ0n) is 11.0. The van der Waals surface area contributed by atoms with Crippen LogP contribution in [-0.2, 0) is 17.4 Å². The number of aromatic nitrogens is 3. The normalized spacial score (nSPS) is 18.4. The van der Waals surface area contributed by atoms with Crippen LogP contribution < -0.4 is 0 Å². The van der Waals surface area contributed by atoms with Crippen LogP contribution in [0.1, 0.15) is 26.5 Å². The second kappa shape index (κ2) is 3.94. The molecule has 1 aliphatic rings.